The van der Waals surface area contributed by atoms with Crippen molar-refractivity contribution in [2.75, 3.05) is 7.05 Å². The second-order valence-corrected chi connectivity index (χ2v) is 5.99. The number of hydrogen-bond acceptors (Lipinski definition) is 2. The largest absolute Gasteiger partial charge is 0.370 e. The minimum Gasteiger partial charge on any atom is -0.370 e. The zero-order valence-corrected chi connectivity index (χ0v) is 11.6. The summed E-state index contributed by atoms with van der Waals surface area (Å²) in [6, 6.07) is 2.34. The number of guanidine groups is 1. The SMILES string of the molecule is CC(C)N=C(N)N(C)Cc1csc(Br)c1. The van der Waals surface area contributed by atoms with E-state index >= 15 is 0 Å². The van der Waals surface area contributed by atoms with Crippen LogP contribution < -0.4 is 5.73 Å². The number of halogens is 1. The molecule has 1 heterocycles. The molecule has 0 aliphatic carbocycles. The van der Waals surface area contributed by atoms with Gasteiger partial charge in [0.15, 0.2) is 5.96 Å². The lowest BCUT2D eigenvalue weighted by Gasteiger charge is -2.17. The maximum absolute atomic E-state index is 5.84. The smallest absolute Gasteiger partial charge is 0.191 e. The highest BCUT2D eigenvalue weighted by molar-refractivity contribution is 9.11. The first-order chi connectivity index (χ1) is 6.99. The lowest BCUT2D eigenvalue weighted by molar-refractivity contribution is 0.490. The van der Waals surface area contributed by atoms with Gasteiger partial charge in [0.25, 0.3) is 0 Å². The Hall–Kier alpha value is -0.550. The Kier molecular flexibility index (Phi) is 4.60. The molecule has 0 spiro atoms. The van der Waals surface area contributed by atoms with E-state index in [1.54, 1.807) is 11.3 Å². The number of nitrogens with zero attached hydrogens (tertiary/aromatic N) is 2. The fraction of sp³-hybridized carbons (Fsp3) is 0.500. The summed E-state index contributed by atoms with van der Waals surface area (Å²) < 4.78 is 1.14. The molecule has 0 aromatic carbocycles. The van der Waals surface area contributed by atoms with E-state index in [9.17, 15) is 0 Å². The summed E-state index contributed by atoms with van der Waals surface area (Å²) in [4.78, 5) is 6.25. The highest BCUT2D eigenvalue weighted by Gasteiger charge is 2.05. The molecular weight excluding hydrogens is 274 g/mol. The first-order valence-electron chi connectivity index (χ1n) is 4.76. The minimum atomic E-state index is 0.238. The van der Waals surface area contributed by atoms with E-state index in [1.165, 1.54) is 5.56 Å². The molecule has 84 valence electrons. The van der Waals surface area contributed by atoms with Gasteiger partial charge in [-0.1, -0.05) is 0 Å². The molecule has 0 atom stereocenters. The predicted molar refractivity (Wildman–Crippen MR) is 70.2 cm³/mol. The van der Waals surface area contributed by atoms with Gasteiger partial charge in [-0.15, -0.1) is 11.3 Å². The van der Waals surface area contributed by atoms with Crippen LogP contribution in [0.1, 0.15) is 19.4 Å². The van der Waals surface area contributed by atoms with Gasteiger partial charge in [0.2, 0.25) is 0 Å². The van der Waals surface area contributed by atoms with E-state index in [0.29, 0.717) is 5.96 Å². The van der Waals surface area contributed by atoms with Crippen molar-refractivity contribution in [1.29, 1.82) is 0 Å². The molecule has 0 fully saturated rings. The molecule has 0 aliphatic heterocycles. The normalized spacial score (nSPS) is 12.2. The van der Waals surface area contributed by atoms with Crippen LogP contribution in [0.5, 0.6) is 0 Å². The maximum Gasteiger partial charge on any atom is 0.191 e. The molecule has 0 radical (unpaired) electrons. The van der Waals surface area contributed by atoms with E-state index < -0.39 is 0 Å². The van der Waals surface area contributed by atoms with Gasteiger partial charge in [-0.05, 0) is 46.8 Å². The monoisotopic (exact) mass is 289 g/mol. The highest BCUT2D eigenvalue weighted by atomic mass is 79.9. The van der Waals surface area contributed by atoms with Crippen LogP contribution in [0.2, 0.25) is 0 Å². The molecular formula is C10H16BrN3S. The predicted octanol–water partition coefficient (Wildman–Crippen LogP) is 2.67. The maximum atomic E-state index is 5.84. The Labute approximate surface area is 103 Å². The third-order valence-electron chi connectivity index (χ3n) is 1.82. The first kappa shape index (κ1) is 12.5. The Morgan fingerprint density at radius 1 is 1.67 bits per heavy atom. The summed E-state index contributed by atoms with van der Waals surface area (Å²) in [6.45, 7) is 4.83. The average molecular weight is 290 g/mol. The molecule has 0 unspecified atom stereocenters. The van der Waals surface area contributed by atoms with E-state index in [1.807, 2.05) is 25.8 Å². The van der Waals surface area contributed by atoms with Crippen molar-refractivity contribution >= 4 is 33.2 Å². The van der Waals surface area contributed by atoms with Gasteiger partial charge in [0.1, 0.15) is 0 Å². The second kappa shape index (κ2) is 5.51. The molecule has 1 aromatic heterocycles. The van der Waals surface area contributed by atoms with Crippen LogP contribution in [-0.2, 0) is 6.54 Å². The van der Waals surface area contributed by atoms with E-state index in [0.717, 1.165) is 10.3 Å². The zero-order valence-electron chi connectivity index (χ0n) is 9.20. The molecule has 1 rings (SSSR count). The third kappa shape index (κ3) is 4.22. The van der Waals surface area contributed by atoms with Crippen molar-refractivity contribution in [2.24, 2.45) is 10.7 Å². The van der Waals surface area contributed by atoms with E-state index in [-0.39, 0.29) is 6.04 Å². The quantitative estimate of drug-likeness (QED) is 0.687. The summed E-state index contributed by atoms with van der Waals surface area (Å²) in [6.07, 6.45) is 0. The fourth-order valence-corrected chi connectivity index (χ4v) is 2.35. The third-order valence-corrected chi connectivity index (χ3v) is 3.38. The molecule has 0 saturated carbocycles. The van der Waals surface area contributed by atoms with Gasteiger partial charge in [0, 0.05) is 19.6 Å². The topological polar surface area (TPSA) is 41.6 Å². The van der Waals surface area contributed by atoms with Crippen LogP contribution in [0, 0.1) is 0 Å². The van der Waals surface area contributed by atoms with Gasteiger partial charge in [0.05, 0.1) is 3.79 Å². The van der Waals surface area contributed by atoms with Crippen LogP contribution >= 0.6 is 27.3 Å². The number of hydrogen-bond donors (Lipinski definition) is 1. The van der Waals surface area contributed by atoms with E-state index in [2.05, 4.69) is 32.4 Å². The first-order valence-corrected chi connectivity index (χ1v) is 6.43. The van der Waals surface area contributed by atoms with Crippen LogP contribution in [0.4, 0.5) is 0 Å². The fourth-order valence-electron chi connectivity index (χ4n) is 1.15. The number of aliphatic imine (C=N–C) groups is 1. The van der Waals surface area contributed by atoms with Gasteiger partial charge in [-0.3, -0.25) is 4.99 Å². The lowest BCUT2D eigenvalue weighted by Crippen LogP contribution is -2.34. The van der Waals surface area contributed by atoms with Crippen LogP contribution in [0.25, 0.3) is 0 Å². The molecule has 0 bridgehead atoms. The Bertz CT molecular complexity index is 346. The van der Waals surface area contributed by atoms with Gasteiger partial charge in [-0.25, -0.2) is 0 Å². The minimum absolute atomic E-state index is 0.238. The average Bonchev–Trinajstić information content (AvgIpc) is 2.50. The molecule has 1 aromatic rings. The van der Waals surface area contributed by atoms with Crippen molar-refractivity contribution in [3.05, 3.63) is 20.8 Å². The van der Waals surface area contributed by atoms with Crippen LogP contribution in [-0.4, -0.2) is 23.9 Å². The molecule has 2 N–H and O–H groups in total. The van der Waals surface area contributed by atoms with Crippen LogP contribution in [0.15, 0.2) is 20.2 Å². The summed E-state index contributed by atoms with van der Waals surface area (Å²) in [5.74, 6) is 0.590. The molecule has 0 aliphatic rings. The molecule has 0 amide bonds. The standard InChI is InChI=1S/C10H16BrN3S/c1-7(2)13-10(12)14(3)5-8-4-9(11)15-6-8/h4,6-7H,5H2,1-3H3,(H2,12,13). The molecule has 0 saturated heterocycles. The lowest BCUT2D eigenvalue weighted by atomic mass is 10.3. The Morgan fingerprint density at radius 3 is 2.80 bits per heavy atom. The highest BCUT2D eigenvalue weighted by Crippen LogP contribution is 2.21. The van der Waals surface area contributed by atoms with Gasteiger partial charge < -0.3 is 10.6 Å². The van der Waals surface area contributed by atoms with Crippen molar-refractivity contribution < 1.29 is 0 Å². The number of rotatable bonds is 3. The van der Waals surface area contributed by atoms with Gasteiger partial charge >= 0.3 is 0 Å². The van der Waals surface area contributed by atoms with Crippen molar-refractivity contribution in [2.45, 2.75) is 26.4 Å². The summed E-state index contributed by atoms with van der Waals surface area (Å²) in [5, 5.41) is 2.11. The van der Waals surface area contributed by atoms with E-state index in [4.69, 9.17) is 5.73 Å². The van der Waals surface area contributed by atoms with Crippen molar-refractivity contribution in [3.8, 4) is 0 Å². The van der Waals surface area contributed by atoms with Gasteiger partial charge in [-0.2, -0.15) is 0 Å². The number of thiophene rings is 1. The second-order valence-electron chi connectivity index (χ2n) is 3.70. The molecule has 3 nitrogen and oxygen atoms in total. The molecule has 5 heteroatoms. The van der Waals surface area contributed by atoms with Crippen molar-refractivity contribution in [3.63, 3.8) is 0 Å². The Morgan fingerprint density at radius 2 is 2.33 bits per heavy atom. The Balaban J connectivity index is 2.59. The summed E-state index contributed by atoms with van der Waals surface area (Å²) in [7, 11) is 1.95. The summed E-state index contributed by atoms with van der Waals surface area (Å²) >= 11 is 5.12. The van der Waals surface area contributed by atoms with Crippen LogP contribution in [0.3, 0.4) is 0 Å². The summed E-state index contributed by atoms with van der Waals surface area (Å²) in [5.41, 5.74) is 7.09. The zero-order chi connectivity index (χ0) is 11.4. The number of nitrogens with two attached hydrogens (primary N) is 1. The molecule has 15 heavy (non-hydrogen) atoms. The van der Waals surface area contributed by atoms with Crippen molar-refractivity contribution in [1.82, 2.24) is 4.90 Å².